The lowest BCUT2D eigenvalue weighted by atomic mass is 9.96. The van der Waals surface area contributed by atoms with Crippen LogP contribution in [0.1, 0.15) is 181 Å². The largest absolute Gasteiger partial charge is 0.394 e. The van der Waals surface area contributed by atoms with E-state index < -0.39 is 124 Å². The molecule has 3 aliphatic rings. The van der Waals surface area contributed by atoms with Gasteiger partial charge in [0.25, 0.3) is 0 Å². The van der Waals surface area contributed by atoms with Crippen LogP contribution in [0.3, 0.4) is 0 Å². The van der Waals surface area contributed by atoms with Gasteiger partial charge in [-0.3, -0.25) is 4.79 Å². The van der Waals surface area contributed by atoms with Crippen LogP contribution in [0.5, 0.6) is 0 Å². The molecule has 12 N–H and O–H groups in total. The van der Waals surface area contributed by atoms with E-state index in [1.165, 1.54) is 122 Å². The fourth-order valence-corrected chi connectivity index (χ4v) is 9.54. The lowest BCUT2D eigenvalue weighted by Crippen LogP contribution is -2.66. The molecule has 0 radical (unpaired) electrons. The number of nitrogens with one attached hydrogen (secondary N) is 1. The third-order valence-electron chi connectivity index (χ3n) is 14.3. The molecule has 17 atom stereocenters. The summed E-state index contributed by atoms with van der Waals surface area (Å²) in [5.41, 5.74) is 0. The summed E-state index contributed by atoms with van der Waals surface area (Å²) in [5, 5.41) is 119. The lowest BCUT2D eigenvalue weighted by molar-refractivity contribution is -0.379. The van der Waals surface area contributed by atoms with Crippen LogP contribution < -0.4 is 5.32 Å². The number of aliphatic hydroxyl groups is 11. The van der Waals surface area contributed by atoms with Crippen LogP contribution in [-0.4, -0.2) is 193 Å². The Kier molecular flexibility index (Phi) is 34.8. The molecule has 3 heterocycles. The summed E-state index contributed by atoms with van der Waals surface area (Å²) in [6.07, 6.45) is 12.1. The summed E-state index contributed by atoms with van der Waals surface area (Å²) in [5.74, 6) is -0.321. The van der Waals surface area contributed by atoms with E-state index in [1.807, 2.05) is 13.0 Å². The monoisotopic (exact) mass is 1050 g/mol. The molecule has 0 spiro atoms. The predicted molar refractivity (Wildman–Crippen MR) is 273 cm³/mol. The van der Waals surface area contributed by atoms with Crippen LogP contribution in [0.15, 0.2) is 24.3 Å². The fraction of sp³-hybridized carbons (Fsp3) is 0.907. The summed E-state index contributed by atoms with van der Waals surface area (Å²) in [6, 6.07) is -0.981. The molecule has 19 nitrogen and oxygen atoms in total. The molecule has 0 bridgehead atoms. The van der Waals surface area contributed by atoms with Crippen molar-refractivity contribution >= 4 is 5.91 Å². The standard InChI is InChI=1S/C54H99NO18/c1-3-5-7-8-9-10-11-12-13-14-15-16-17-18-19-20-21-22-23-24-25-26-27-28-29-30-31-38(59)37(55-42(60)32-6-4-2)36-68-52-48(66)45(63)50(40(34-57)70-52)73-54-49(67)46(64)51(41(35-58)71-54)72-53-47(65)44(62)43(61)39(33-56)69-53/h26-27,30-31,37-41,43-54,56-59,61-67H,3-25,28-29,32-36H2,1-2H3,(H,55,60)/b27-26+,31-30+. The second-order valence-corrected chi connectivity index (χ2v) is 20.4. The zero-order valence-corrected chi connectivity index (χ0v) is 44.1. The molecule has 0 aromatic carbocycles. The number of unbranched alkanes of at least 4 members (excludes halogenated alkanes) is 22. The molecule has 3 fully saturated rings. The molecule has 3 aliphatic heterocycles. The van der Waals surface area contributed by atoms with Gasteiger partial charge in [0.1, 0.15) is 73.2 Å². The van der Waals surface area contributed by atoms with Crippen LogP contribution in [-0.2, 0) is 33.2 Å². The normalized spacial score (nSPS) is 31.9. The van der Waals surface area contributed by atoms with Gasteiger partial charge >= 0.3 is 0 Å². The van der Waals surface area contributed by atoms with Crippen molar-refractivity contribution in [3.05, 3.63) is 24.3 Å². The second kappa shape index (κ2) is 38.8. The highest BCUT2D eigenvalue weighted by Crippen LogP contribution is 2.33. The van der Waals surface area contributed by atoms with Gasteiger partial charge in [0.15, 0.2) is 18.9 Å². The number of hydrogen-bond donors (Lipinski definition) is 12. The number of amides is 1. The van der Waals surface area contributed by atoms with Crippen molar-refractivity contribution in [2.24, 2.45) is 0 Å². The van der Waals surface area contributed by atoms with Gasteiger partial charge in [0, 0.05) is 6.42 Å². The van der Waals surface area contributed by atoms with Crippen LogP contribution in [0, 0.1) is 0 Å². The Labute approximate surface area is 435 Å². The summed E-state index contributed by atoms with van der Waals surface area (Å²) in [4.78, 5) is 12.8. The van der Waals surface area contributed by atoms with Gasteiger partial charge in [-0.2, -0.15) is 0 Å². The quantitative estimate of drug-likeness (QED) is 0.0308. The number of allylic oxidation sites excluding steroid dienone is 3. The van der Waals surface area contributed by atoms with Crippen molar-refractivity contribution in [2.75, 3.05) is 26.4 Å². The Bertz CT molecular complexity index is 1440. The third kappa shape index (κ3) is 23.8. The minimum atomic E-state index is -1.98. The minimum Gasteiger partial charge on any atom is -0.394 e. The Morgan fingerprint density at radius 3 is 1.36 bits per heavy atom. The predicted octanol–water partition coefficient (Wildman–Crippen LogP) is 3.59. The van der Waals surface area contributed by atoms with E-state index in [9.17, 15) is 61.0 Å². The molecule has 73 heavy (non-hydrogen) atoms. The lowest BCUT2D eigenvalue weighted by Gasteiger charge is -2.48. The van der Waals surface area contributed by atoms with Crippen LogP contribution in [0.2, 0.25) is 0 Å². The Morgan fingerprint density at radius 1 is 0.479 bits per heavy atom. The SMILES string of the molecule is CCCCCCCCCCCCCCCCCCCCCC/C=C/CC/C=C/C(O)C(COC1OC(CO)C(OC2OC(CO)C(OC3OC(CO)C(O)C(O)C3O)C(O)C2O)C(O)C1O)NC(=O)CCCC. The van der Waals surface area contributed by atoms with E-state index >= 15 is 0 Å². The number of ether oxygens (including phenoxy) is 6. The molecule has 19 heteroatoms. The van der Waals surface area contributed by atoms with Crippen LogP contribution in [0.4, 0.5) is 0 Å². The first-order valence-electron chi connectivity index (χ1n) is 28.1. The topological polar surface area (TPSA) is 307 Å². The Balaban J connectivity index is 1.37. The van der Waals surface area contributed by atoms with Gasteiger partial charge in [-0.1, -0.05) is 167 Å². The third-order valence-corrected chi connectivity index (χ3v) is 14.3. The first-order valence-corrected chi connectivity index (χ1v) is 28.1. The van der Waals surface area contributed by atoms with Gasteiger partial charge < -0.3 is 89.9 Å². The molecule has 0 aliphatic carbocycles. The Hall–Kier alpha value is -1.73. The van der Waals surface area contributed by atoms with Gasteiger partial charge in [-0.25, -0.2) is 0 Å². The van der Waals surface area contributed by atoms with Crippen molar-refractivity contribution in [1.82, 2.24) is 5.32 Å². The highest BCUT2D eigenvalue weighted by molar-refractivity contribution is 5.76. The first kappa shape index (κ1) is 65.6. The molecule has 0 saturated carbocycles. The minimum absolute atomic E-state index is 0.211. The molecule has 0 aromatic heterocycles. The van der Waals surface area contributed by atoms with Gasteiger partial charge in [-0.15, -0.1) is 0 Å². The van der Waals surface area contributed by atoms with E-state index in [0.717, 1.165) is 25.7 Å². The molecule has 17 unspecified atom stereocenters. The van der Waals surface area contributed by atoms with Crippen molar-refractivity contribution in [2.45, 2.75) is 285 Å². The van der Waals surface area contributed by atoms with Crippen molar-refractivity contribution in [3.8, 4) is 0 Å². The number of rotatable bonds is 40. The summed E-state index contributed by atoms with van der Waals surface area (Å²) in [7, 11) is 0. The molecular weight excluding hydrogens is 951 g/mol. The molecule has 1 amide bonds. The average molecular weight is 1050 g/mol. The maximum atomic E-state index is 12.8. The van der Waals surface area contributed by atoms with Crippen molar-refractivity contribution in [3.63, 3.8) is 0 Å². The zero-order valence-electron chi connectivity index (χ0n) is 44.1. The van der Waals surface area contributed by atoms with Crippen LogP contribution in [0.25, 0.3) is 0 Å². The highest BCUT2D eigenvalue weighted by Gasteiger charge is 2.53. The molecule has 0 aromatic rings. The maximum absolute atomic E-state index is 12.8. The fourth-order valence-electron chi connectivity index (χ4n) is 9.54. The first-order chi connectivity index (χ1) is 35.3. The summed E-state index contributed by atoms with van der Waals surface area (Å²) in [6.45, 7) is 1.42. The number of aliphatic hydroxyl groups excluding tert-OH is 11. The number of carbonyl (C=O) groups excluding carboxylic acids is 1. The van der Waals surface area contributed by atoms with Gasteiger partial charge in [0.05, 0.1) is 38.6 Å². The molecule has 428 valence electrons. The zero-order chi connectivity index (χ0) is 53.4. The number of carbonyl (C=O) groups is 1. The Morgan fingerprint density at radius 2 is 0.877 bits per heavy atom. The molecule has 3 saturated heterocycles. The van der Waals surface area contributed by atoms with E-state index in [0.29, 0.717) is 12.8 Å². The smallest absolute Gasteiger partial charge is 0.220 e. The van der Waals surface area contributed by atoms with Gasteiger partial charge in [-0.05, 0) is 32.1 Å². The second-order valence-electron chi connectivity index (χ2n) is 20.4. The van der Waals surface area contributed by atoms with E-state index in [2.05, 4.69) is 24.4 Å². The molecule has 3 rings (SSSR count). The summed E-state index contributed by atoms with van der Waals surface area (Å²) < 4.78 is 33.9. The average Bonchev–Trinajstić information content (AvgIpc) is 3.39. The maximum Gasteiger partial charge on any atom is 0.220 e. The summed E-state index contributed by atoms with van der Waals surface area (Å²) >= 11 is 0. The van der Waals surface area contributed by atoms with E-state index in [-0.39, 0.29) is 18.9 Å². The van der Waals surface area contributed by atoms with Crippen molar-refractivity contribution in [1.29, 1.82) is 0 Å². The number of hydrogen-bond acceptors (Lipinski definition) is 18. The highest BCUT2D eigenvalue weighted by atomic mass is 16.8. The van der Waals surface area contributed by atoms with E-state index in [4.69, 9.17) is 28.4 Å². The molecular formula is C54H99NO18. The van der Waals surface area contributed by atoms with Gasteiger partial charge in [0.2, 0.25) is 5.91 Å². The van der Waals surface area contributed by atoms with Crippen LogP contribution >= 0.6 is 0 Å². The van der Waals surface area contributed by atoms with Crippen molar-refractivity contribution < 1.29 is 89.4 Å². The van der Waals surface area contributed by atoms with E-state index in [1.54, 1.807) is 6.08 Å².